The van der Waals surface area contributed by atoms with E-state index < -0.39 is 0 Å². The van der Waals surface area contributed by atoms with E-state index in [4.69, 9.17) is 0 Å². The van der Waals surface area contributed by atoms with Gasteiger partial charge in [-0.25, -0.2) is 0 Å². The molecule has 0 unspecified atom stereocenters. The first-order chi connectivity index (χ1) is 31.1. The van der Waals surface area contributed by atoms with Crippen molar-refractivity contribution >= 4 is 0 Å². The van der Waals surface area contributed by atoms with Crippen molar-refractivity contribution in [3.8, 4) is 0 Å². The minimum absolute atomic E-state index is 0. The molecule has 0 fully saturated rings. The van der Waals surface area contributed by atoms with Gasteiger partial charge in [-0.3, -0.25) is 0 Å². The summed E-state index contributed by atoms with van der Waals surface area (Å²) in [5.74, 6) is 0. The molecule has 0 atom stereocenters. The van der Waals surface area contributed by atoms with Gasteiger partial charge in [-0.2, -0.15) is 0 Å². The normalized spacial score (nSPS) is 14.6. The molecule has 3 heterocycles. The maximum Gasteiger partial charge on any atom is 0.0553 e. The van der Waals surface area contributed by atoms with E-state index in [2.05, 4.69) is 252 Å². The van der Waals surface area contributed by atoms with Crippen LogP contribution in [-0.2, 0) is 348 Å². The number of aryl methyl sites for hydroxylation is 3. The molecule has 0 amide bonds. The van der Waals surface area contributed by atoms with Gasteiger partial charge in [0.1, 0.15) is 0 Å². The number of hydrogen-bond donors (Lipinski definition) is 0. The van der Waals surface area contributed by atoms with Crippen LogP contribution in [-0.4, -0.2) is 13.7 Å². The molecular weight excluding hydrogens is 1830 g/mol. The molecule has 0 aliphatic heterocycles. The Morgan fingerprint density at radius 2 is 0.602 bits per heavy atom. The van der Waals surface area contributed by atoms with Crippen LogP contribution in [0.4, 0.5) is 0 Å². The predicted octanol–water partition coefficient (Wildman–Crippen LogP) is 23.5. The molecule has 3 aromatic heterocycles. The average molecular weight is 1960 g/mol. The first kappa shape index (κ1) is 145. The second-order valence-corrected chi connectivity index (χ2v) is 22.3. The Labute approximate surface area is 807 Å². The molecule has 0 saturated carbocycles. The number of nitrogens with zero attached hydrogens (tertiary/aromatic N) is 3. The zero-order valence-electron chi connectivity index (χ0n) is 65.0. The van der Waals surface area contributed by atoms with Crippen molar-refractivity contribution < 1.29 is 327 Å². The molecule has 3 nitrogen and oxygen atoms in total. The molecule has 5 aliphatic rings. The first-order valence-electron chi connectivity index (χ1n) is 25.1. The van der Waals surface area contributed by atoms with Gasteiger partial charge in [0.2, 0.25) is 0 Å². The number of hydrogen-bond acceptors (Lipinski definition) is 0. The smallest absolute Gasteiger partial charge is 0.0553 e. The summed E-state index contributed by atoms with van der Waals surface area (Å²) in [6, 6.07) is 6.12. The van der Waals surface area contributed by atoms with E-state index >= 15 is 0 Å². The second kappa shape index (κ2) is 64.1. The Bertz CT molecular complexity index is 2420. The molecule has 0 bridgehead atoms. The minimum atomic E-state index is 0. The zero-order valence-corrected chi connectivity index (χ0v) is 93.4. The molecule has 5 aliphatic carbocycles. The van der Waals surface area contributed by atoms with Crippen molar-refractivity contribution in [3.63, 3.8) is 0 Å². The van der Waals surface area contributed by atoms with Crippen LogP contribution >= 0.6 is 0 Å². The third-order valence-corrected chi connectivity index (χ3v) is 17.7. The Balaban J connectivity index is -0.0000000365. The quantitative estimate of drug-likeness (QED) is 0.199. The van der Waals surface area contributed by atoms with Gasteiger partial charge >= 0.3 is 0 Å². The molecule has 8 rings (SSSR count). The summed E-state index contributed by atoms with van der Waals surface area (Å²) in [7, 11) is 6.17. The van der Waals surface area contributed by atoms with Gasteiger partial charge in [-0.15, -0.1) is 0 Å². The molecular formula is C75H129N3Y10-10. The minimum Gasteiger partial charge on any atom is -0.358 e. The van der Waals surface area contributed by atoms with E-state index in [0.29, 0.717) is 16.2 Å². The van der Waals surface area contributed by atoms with Crippen LogP contribution in [0.2, 0.25) is 0 Å². The zero-order chi connectivity index (χ0) is 52.8. The van der Waals surface area contributed by atoms with Crippen molar-refractivity contribution in [1.82, 2.24) is 13.7 Å². The number of rotatable bonds is 0. The monoisotopic (exact) mass is 1960 g/mol. The molecule has 88 heavy (non-hydrogen) atoms. The Morgan fingerprint density at radius 3 is 0.705 bits per heavy atom. The van der Waals surface area contributed by atoms with Crippen LogP contribution in [0.3, 0.4) is 0 Å². The molecule has 1 spiro atoms. The van der Waals surface area contributed by atoms with Gasteiger partial charge < -0.3 is 88.0 Å². The van der Waals surface area contributed by atoms with E-state index in [0.717, 1.165) is 0 Å². The maximum absolute atomic E-state index is 2.31. The van der Waals surface area contributed by atoms with Gasteiger partial charge in [0, 0.05) is 400 Å². The van der Waals surface area contributed by atoms with Crippen molar-refractivity contribution in [2.75, 3.05) is 0 Å². The van der Waals surface area contributed by atoms with Crippen LogP contribution in [0.15, 0.2) is 151 Å². The van der Waals surface area contributed by atoms with E-state index in [9.17, 15) is 0 Å². The summed E-state index contributed by atoms with van der Waals surface area (Å²) in [4.78, 5) is 0. The predicted molar refractivity (Wildman–Crippen MR) is 369 cm³/mol. The van der Waals surface area contributed by atoms with Crippen molar-refractivity contribution in [2.24, 2.45) is 42.8 Å². The third-order valence-electron chi connectivity index (χ3n) is 17.7. The standard InChI is InChI=1S/C17H24.C11H18.C9H15N.C9H14.C7H11N.C7H10.C5H7N.10CH3.10Y/c1-9-10(2)14(6)17(13(9)5)15(7)11(3)12(4)16(17)8;1-7-8(2)10(4)11(5,6)9(7)3;1-6-7(2)9(4)10(5)8(6)3;1-7-5-6-9(3,4)8(7)2;1-6-4-5-8(3)7(6)2;1-7(2)5-3-4-6-7;1-6-4-2-3-5-6;;;;;;;;;;;;;;;;;;;;/h1-8H3;1-6H3;1-5H3;5-6H,1-4H3;4-5H,1-3H3;3-6H,1-2H3;2-5H,1H3;10*1H3;;;;;;;;;;/q;;;;;;;10*-1;;;;;;;;;;. The molecule has 0 N–H and O–H groups in total. The molecule has 10 radical (unpaired) electrons. The van der Waals surface area contributed by atoms with E-state index in [1.807, 2.05) is 36.1 Å². The number of aromatic nitrogens is 3. The molecule has 0 saturated heterocycles. The van der Waals surface area contributed by atoms with E-state index in [1.54, 1.807) is 22.3 Å². The summed E-state index contributed by atoms with van der Waals surface area (Å²) in [5.41, 5.74) is 30.6. The Hall–Kier alpha value is 6.28. The van der Waals surface area contributed by atoms with Gasteiger partial charge in [0.25, 0.3) is 0 Å². The first-order valence-corrected chi connectivity index (χ1v) is 25.1. The SMILES string of the molecule is CC1(C)C=CC=C1.CC1=C(C)C(C)(C)C(C)=C1C.CC1=C(C)C(C)(C)C=C1.CC1=C(C)C2(C(C)=C1C)C(C)=C(C)C(C)=C2C.Cc1c(C)c(C)n(C)c1C.Cc1ccn(C)c1C.Cn1cccc1.[CH3-].[CH3-].[CH3-].[CH3-].[CH3-].[CH3-].[CH3-].[CH3-].[CH3-].[CH3-].[Y].[Y].[Y].[Y].[Y].[Y].[Y].[Y].[Y].[Y]. The molecule has 0 aromatic carbocycles. The fourth-order valence-electron chi connectivity index (χ4n) is 9.93. The molecule has 13 heteroatoms. The number of allylic oxidation sites excluding steroid dienone is 20. The maximum atomic E-state index is 2.31. The van der Waals surface area contributed by atoms with Crippen molar-refractivity contribution in [1.29, 1.82) is 0 Å². The van der Waals surface area contributed by atoms with Gasteiger partial charge in [0.15, 0.2) is 0 Å². The summed E-state index contributed by atoms with van der Waals surface area (Å²) in [6.07, 6.45) is 19.1. The third kappa shape index (κ3) is 37.5. The van der Waals surface area contributed by atoms with Crippen molar-refractivity contribution in [3.05, 3.63) is 259 Å². The summed E-state index contributed by atoms with van der Waals surface area (Å²) in [5, 5.41) is 0. The largest absolute Gasteiger partial charge is 0.358 e. The van der Waals surface area contributed by atoms with Crippen molar-refractivity contribution in [2.45, 2.75) is 180 Å². The average Bonchev–Trinajstić information content (AvgIpc) is 4.16. The Kier molecular flexibility index (Phi) is 106. The van der Waals surface area contributed by atoms with Gasteiger partial charge in [-0.05, 0) is 207 Å². The molecule has 3 aromatic rings. The van der Waals surface area contributed by atoms with E-state index in [1.165, 1.54) is 89.5 Å². The van der Waals surface area contributed by atoms with Crippen LogP contribution in [0.25, 0.3) is 0 Å². The topological polar surface area (TPSA) is 14.8 Å². The molecule has 484 valence electrons. The fraction of sp³-hybridized carbons (Fsp3) is 0.440. The van der Waals surface area contributed by atoms with E-state index in [-0.39, 0.29) is 407 Å². The van der Waals surface area contributed by atoms with Crippen LogP contribution < -0.4 is 0 Å². The summed E-state index contributed by atoms with van der Waals surface area (Å²) >= 11 is 0. The summed E-state index contributed by atoms with van der Waals surface area (Å²) < 4.78 is 6.36. The second-order valence-electron chi connectivity index (χ2n) is 22.3. The van der Waals surface area contributed by atoms with Crippen LogP contribution in [0.5, 0.6) is 0 Å². The van der Waals surface area contributed by atoms with Crippen LogP contribution in [0, 0.1) is 137 Å². The summed E-state index contributed by atoms with van der Waals surface area (Å²) in [6.45, 7) is 58.0. The fourth-order valence-corrected chi connectivity index (χ4v) is 9.93. The Morgan fingerprint density at radius 1 is 0.330 bits per heavy atom. The van der Waals surface area contributed by atoms with Gasteiger partial charge in [-0.1, -0.05) is 123 Å². The van der Waals surface area contributed by atoms with Gasteiger partial charge in [0.05, 0.1) is 5.41 Å². The van der Waals surface area contributed by atoms with Crippen LogP contribution in [0.1, 0.15) is 172 Å².